The van der Waals surface area contributed by atoms with Crippen LogP contribution in [-0.4, -0.2) is 47.6 Å². The quantitative estimate of drug-likeness (QED) is 0.683. The minimum Gasteiger partial charge on any atom is -0.354 e. The van der Waals surface area contributed by atoms with Crippen LogP contribution in [0.15, 0.2) is 60.7 Å². The number of aromatic nitrogens is 2. The summed E-state index contributed by atoms with van der Waals surface area (Å²) in [5.74, 6) is 2.91. The highest BCUT2D eigenvalue weighted by atomic mass is 15.3. The van der Waals surface area contributed by atoms with E-state index in [0.717, 1.165) is 63.1 Å². The second kappa shape index (κ2) is 7.84. The number of aryl methyl sites for hydroxylation is 1. The Hall–Kier alpha value is -2.92. The first-order valence-electron chi connectivity index (χ1n) is 10.5. The highest BCUT2D eigenvalue weighted by Gasteiger charge is 2.24. The van der Waals surface area contributed by atoms with E-state index in [4.69, 9.17) is 9.97 Å². The summed E-state index contributed by atoms with van der Waals surface area (Å²) in [5, 5.41) is 0. The maximum atomic E-state index is 4.76. The van der Waals surface area contributed by atoms with Crippen molar-refractivity contribution in [1.29, 1.82) is 0 Å². The van der Waals surface area contributed by atoms with Crippen molar-refractivity contribution in [3.05, 3.63) is 77.6 Å². The second-order valence-corrected chi connectivity index (χ2v) is 7.91. The number of hydrogen-bond donors (Lipinski definition) is 0. The van der Waals surface area contributed by atoms with Gasteiger partial charge in [-0.15, -0.1) is 0 Å². The van der Waals surface area contributed by atoms with Gasteiger partial charge in [0.2, 0.25) is 0 Å². The van der Waals surface area contributed by atoms with Gasteiger partial charge in [0.05, 0.1) is 0 Å². The van der Waals surface area contributed by atoms with Gasteiger partial charge in [-0.3, -0.25) is 4.90 Å². The van der Waals surface area contributed by atoms with Crippen LogP contribution in [0, 0.1) is 6.92 Å². The maximum absolute atomic E-state index is 4.76. The van der Waals surface area contributed by atoms with Crippen molar-refractivity contribution in [2.24, 2.45) is 0 Å². The van der Waals surface area contributed by atoms with Gasteiger partial charge in [-0.1, -0.05) is 48.5 Å². The lowest BCUT2D eigenvalue weighted by Gasteiger charge is -2.35. The molecule has 0 atom stereocenters. The lowest BCUT2D eigenvalue weighted by Crippen LogP contribution is -2.46. The zero-order valence-electron chi connectivity index (χ0n) is 17.0. The van der Waals surface area contributed by atoms with Crippen molar-refractivity contribution < 1.29 is 0 Å². The molecule has 5 rings (SSSR count). The maximum Gasteiger partial charge on any atom is 0.138 e. The summed E-state index contributed by atoms with van der Waals surface area (Å²) in [6, 6.07) is 21.5. The molecule has 0 unspecified atom stereocenters. The van der Waals surface area contributed by atoms with E-state index in [1.807, 2.05) is 6.92 Å². The van der Waals surface area contributed by atoms with Crippen molar-refractivity contribution in [2.75, 3.05) is 42.5 Å². The summed E-state index contributed by atoms with van der Waals surface area (Å²) in [5.41, 5.74) is 4.07. The predicted molar refractivity (Wildman–Crippen MR) is 118 cm³/mol. The first-order chi connectivity index (χ1) is 14.3. The Bertz CT molecular complexity index is 980. The number of para-hydroxylation sites is 1. The van der Waals surface area contributed by atoms with Crippen LogP contribution in [0.25, 0.3) is 0 Å². The molecule has 0 aliphatic carbocycles. The highest BCUT2D eigenvalue weighted by molar-refractivity contribution is 5.69. The van der Waals surface area contributed by atoms with E-state index >= 15 is 0 Å². The Morgan fingerprint density at radius 2 is 1.52 bits per heavy atom. The van der Waals surface area contributed by atoms with E-state index in [0.29, 0.717) is 0 Å². The number of benzene rings is 2. The number of rotatable bonds is 4. The third-order valence-corrected chi connectivity index (χ3v) is 5.92. The Morgan fingerprint density at radius 1 is 0.793 bits per heavy atom. The van der Waals surface area contributed by atoms with Crippen LogP contribution in [0.3, 0.4) is 0 Å². The van der Waals surface area contributed by atoms with Crippen LogP contribution in [0.4, 0.5) is 17.3 Å². The van der Waals surface area contributed by atoms with Crippen LogP contribution in [0.5, 0.6) is 0 Å². The molecule has 0 saturated carbocycles. The number of piperazine rings is 1. The van der Waals surface area contributed by atoms with Gasteiger partial charge in [-0.05, 0) is 30.5 Å². The lowest BCUT2D eigenvalue weighted by molar-refractivity contribution is 0.249. The molecular weight excluding hydrogens is 358 g/mol. The van der Waals surface area contributed by atoms with Gasteiger partial charge in [0, 0.05) is 51.0 Å². The molecule has 2 aromatic carbocycles. The molecule has 148 valence electrons. The average molecular weight is 386 g/mol. The molecule has 3 heterocycles. The molecule has 2 aliphatic heterocycles. The largest absolute Gasteiger partial charge is 0.354 e. The third-order valence-electron chi connectivity index (χ3n) is 5.92. The van der Waals surface area contributed by atoms with E-state index < -0.39 is 0 Å². The molecule has 1 aromatic heterocycles. The molecule has 0 amide bonds. The van der Waals surface area contributed by atoms with Crippen LogP contribution in [0.2, 0.25) is 0 Å². The summed E-state index contributed by atoms with van der Waals surface area (Å²) in [6.45, 7) is 8.12. The van der Waals surface area contributed by atoms with E-state index in [1.165, 1.54) is 16.8 Å². The molecule has 1 fully saturated rings. The highest BCUT2D eigenvalue weighted by Crippen LogP contribution is 2.34. The Balaban J connectivity index is 1.30. The van der Waals surface area contributed by atoms with Crippen molar-refractivity contribution in [1.82, 2.24) is 14.9 Å². The van der Waals surface area contributed by atoms with Gasteiger partial charge >= 0.3 is 0 Å². The predicted octanol–water partition coefficient (Wildman–Crippen LogP) is 3.80. The molecule has 0 spiro atoms. The topological polar surface area (TPSA) is 35.5 Å². The van der Waals surface area contributed by atoms with Gasteiger partial charge in [-0.25, -0.2) is 9.97 Å². The van der Waals surface area contributed by atoms with Crippen molar-refractivity contribution in [2.45, 2.75) is 19.9 Å². The lowest BCUT2D eigenvalue weighted by atomic mass is 10.2. The average Bonchev–Trinajstić information content (AvgIpc) is 3.19. The molecule has 1 saturated heterocycles. The number of nitrogens with zero attached hydrogens (tertiary/aromatic N) is 5. The fraction of sp³-hybridized carbons (Fsp3) is 0.333. The van der Waals surface area contributed by atoms with Crippen LogP contribution in [0.1, 0.15) is 17.0 Å². The zero-order chi connectivity index (χ0) is 19.6. The molecule has 0 bridgehead atoms. The van der Waals surface area contributed by atoms with Crippen molar-refractivity contribution in [3.63, 3.8) is 0 Å². The van der Waals surface area contributed by atoms with E-state index in [9.17, 15) is 0 Å². The fourth-order valence-corrected chi connectivity index (χ4v) is 4.39. The van der Waals surface area contributed by atoms with Crippen LogP contribution in [-0.2, 0) is 13.0 Å². The fourth-order valence-electron chi connectivity index (χ4n) is 4.39. The van der Waals surface area contributed by atoms with Crippen LogP contribution >= 0.6 is 0 Å². The SMILES string of the molecule is Cc1nc(N2CCN(Cc3ccccc3)CC2)cc(N2CCc3ccccc32)n1. The summed E-state index contributed by atoms with van der Waals surface area (Å²) in [4.78, 5) is 16.8. The number of fused-ring (bicyclic) bond motifs is 1. The van der Waals surface area contributed by atoms with E-state index in [1.54, 1.807) is 0 Å². The monoisotopic (exact) mass is 385 g/mol. The molecule has 0 radical (unpaired) electrons. The molecule has 0 N–H and O–H groups in total. The first kappa shape index (κ1) is 18.1. The summed E-state index contributed by atoms with van der Waals surface area (Å²) >= 11 is 0. The molecular formula is C24H27N5. The molecule has 2 aliphatic rings. The molecule has 29 heavy (non-hydrogen) atoms. The summed E-state index contributed by atoms with van der Waals surface area (Å²) in [7, 11) is 0. The van der Waals surface area contributed by atoms with E-state index in [-0.39, 0.29) is 0 Å². The van der Waals surface area contributed by atoms with Gasteiger partial charge in [-0.2, -0.15) is 0 Å². The van der Waals surface area contributed by atoms with Gasteiger partial charge in [0.15, 0.2) is 0 Å². The summed E-state index contributed by atoms with van der Waals surface area (Å²) in [6.07, 6.45) is 1.08. The summed E-state index contributed by atoms with van der Waals surface area (Å²) < 4.78 is 0. The normalized spacial score (nSPS) is 16.9. The molecule has 3 aromatic rings. The van der Waals surface area contributed by atoms with Gasteiger partial charge in [0.1, 0.15) is 17.5 Å². The number of anilines is 3. The Labute approximate surface area is 172 Å². The minimum atomic E-state index is 0.841. The zero-order valence-corrected chi connectivity index (χ0v) is 17.0. The smallest absolute Gasteiger partial charge is 0.138 e. The Kier molecular flexibility index (Phi) is 4.90. The molecule has 5 nitrogen and oxygen atoms in total. The third kappa shape index (κ3) is 3.83. The van der Waals surface area contributed by atoms with Gasteiger partial charge < -0.3 is 9.80 Å². The molecule has 5 heteroatoms. The van der Waals surface area contributed by atoms with Gasteiger partial charge in [0.25, 0.3) is 0 Å². The second-order valence-electron chi connectivity index (χ2n) is 7.91. The minimum absolute atomic E-state index is 0.841. The standard InChI is InChI=1S/C24H27N5/c1-19-25-23(17-24(26-19)29-12-11-21-9-5-6-10-22(21)29)28-15-13-27(14-16-28)18-20-7-3-2-4-8-20/h2-10,17H,11-16,18H2,1H3. The Morgan fingerprint density at radius 3 is 2.34 bits per heavy atom. The van der Waals surface area contributed by atoms with Crippen LogP contribution < -0.4 is 9.80 Å². The van der Waals surface area contributed by atoms with Crippen molar-refractivity contribution >= 4 is 17.3 Å². The first-order valence-corrected chi connectivity index (χ1v) is 10.5. The van der Waals surface area contributed by atoms with Crippen molar-refractivity contribution in [3.8, 4) is 0 Å². The van der Waals surface area contributed by atoms with E-state index in [2.05, 4.69) is 75.4 Å². The number of hydrogen-bond acceptors (Lipinski definition) is 5.